The Balaban J connectivity index is 2.76. The number of nitrogens with zero attached hydrogens (tertiary/aromatic N) is 1. The molecule has 0 radical (unpaired) electrons. The van der Waals surface area contributed by atoms with Crippen LogP contribution in [0.1, 0.15) is 24.8 Å². The Morgan fingerprint density at radius 3 is 2.62 bits per heavy atom. The minimum absolute atomic E-state index is 0.361. The monoisotopic (exact) mass is 218 g/mol. The quantitative estimate of drug-likeness (QED) is 0.614. The predicted molar refractivity (Wildman–Crippen MR) is 59.2 cm³/mol. The van der Waals surface area contributed by atoms with Crippen LogP contribution in [0.15, 0.2) is 30.3 Å². The van der Waals surface area contributed by atoms with Gasteiger partial charge in [0.2, 0.25) is 6.23 Å². The molecule has 0 saturated carbocycles. The highest BCUT2D eigenvalue weighted by Crippen LogP contribution is 2.20. The van der Waals surface area contributed by atoms with Gasteiger partial charge in [0, 0.05) is 0 Å². The lowest BCUT2D eigenvalue weighted by Gasteiger charge is -2.15. The zero-order chi connectivity index (χ0) is 12.0. The first-order valence-electron chi connectivity index (χ1n) is 5.09. The van der Waals surface area contributed by atoms with Gasteiger partial charge in [-0.1, -0.05) is 37.3 Å². The summed E-state index contributed by atoms with van der Waals surface area (Å²) in [5.74, 6) is -0.816. The van der Waals surface area contributed by atoms with Gasteiger partial charge < -0.3 is 4.74 Å². The summed E-state index contributed by atoms with van der Waals surface area (Å²) in [4.78, 5) is 11.7. The lowest BCUT2D eigenvalue weighted by Crippen LogP contribution is -2.28. The molecule has 16 heavy (non-hydrogen) atoms. The lowest BCUT2D eigenvalue weighted by molar-refractivity contribution is -0.148. The van der Waals surface area contributed by atoms with Gasteiger partial charge in [0.1, 0.15) is 6.07 Å². The first-order chi connectivity index (χ1) is 7.69. The van der Waals surface area contributed by atoms with Crippen molar-refractivity contribution < 1.29 is 9.53 Å². The molecule has 4 heteroatoms. The fraction of sp³-hybridized carbons (Fsp3) is 0.333. The molecule has 2 unspecified atom stereocenters. The highest BCUT2D eigenvalue weighted by molar-refractivity contribution is 5.78. The van der Waals surface area contributed by atoms with E-state index >= 15 is 0 Å². The predicted octanol–water partition coefficient (Wildman–Crippen LogP) is 1.53. The third-order valence-corrected chi connectivity index (χ3v) is 2.27. The topological polar surface area (TPSA) is 76.1 Å². The van der Waals surface area contributed by atoms with E-state index in [0.717, 1.165) is 5.56 Å². The molecule has 2 N–H and O–H groups in total. The Bertz CT molecular complexity index is 384. The molecule has 0 aliphatic heterocycles. The van der Waals surface area contributed by atoms with Crippen molar-refractivity contribution in [3.05, 3.63) is 35.9 Å². The van der Waals surface area contributed by atoms with E-state index in [1.807, 2.05) is 37.3 Å². The highest BCUT2D eigenvalue weighted by atomic mass is 16.6. The molecule has 1 aromatic rings. The van der Waals surface area contributed by atoms with Crippen LogP contribution in [0.2, 0.25) is 0 Å². The minimum Gasteiger partial charge on any atom is -0.433 e. The molecule has 1 aromatic carbocycles. The maximum absolute atomic E-state index is 11.7. The molecular weight excluding hydrogens is 204 g/mol. The maximum atomic E-state index is 11.7. The number of nitrogens with two attached hydrogens (primary N) is 1. The normalized spacial score (nSPS) is 13.6. The number of hydrogen-bond acceptors (Lipinski definition) is 4. The average molecular weight is 218 g/mol. The first-order valence-corrected chi connectivity index (χ1v) is 5.09. The van der Waals surface area contributed by atoms with Crippen LogP contribution >= 0.6 is 0 Å². The first kappa shape index (κ1) is 12.2. The molecule has 0 saturated heterocycles. The molecule has 0 aliphatic carbocycles. The molecule has 4 nitrogen and oxygen atoms in total. The van der Waals surface area contributed by atoms with E-state index in [4.69, 9.17) is 15.7 Å². The van der Waals surface area contributed by atoms with E-state index in [1.165, 1.54) is 0 Å². The Morgan fingerprint density at radius 1 is 1.50 bits per heavy atom. The molecule has 0 fully saturated rings. The number of carbonyl (C=O) groups excluding carboxylic acids is 1. The summed E-state index contributed by atoms with van der Waals surface area (Å²) in [5, 5.41) is 8.46. The number of benzene rings is 1. The molecular formula is C12H14N2O2. The molecule has 0 aliphatic rings. The van der Waals surface area contributed by atoms with E-state index in [1.54, 1.807) is 6.07 Å². The molecule has 2 atom stereocenters. The van der Waals surface area contributed by atoms with Gasteiger partial charge in [-0.05, 0) is 12.0 Å². The SMILES string of the molecule is CCC(C(=O)OC(N)C#N)c1ccccc1. The van der Waals surface area contributed by atoms with Crippen molar-refractivity contribution in [3.8, 4) is 6.07 Å². The van der Waals surface area contributed by atoms with Crippen molar-refractivity contribution in [1.29, 1.82) is 5.26 Å². The summed E-state index contributed by atoms with van der Waals surface area (Å²) in [6.07, 6.45) is -0.577. The van der Waals surface area contributed by atoms with Crippen LogP contribution in [0.25, 0.3) is 0 Å². The summed E-state index contributed by atoms with van der Waals surface area (Å²) in [6, 6.07) is 11.0. The van der Waals surface area contributed by atoms with Crippen LogP contribution in [0, 0.1) is 11.3 Å². The Hall–Kier alpha value is -1.86. The molecule has 0 bridgehead atoms. The smallest absolute Gasteiger partial charge is 0.315 e. The number of carbonyl (C=O) groups is 1. The number of rotatable bonds is 4. The van der Waals surface area contributed by atoms with Gasteiger partial charge in [-0.2, -0.15) is 5.26 Å². The fourth-order valence-electron chi connectivity index (χ4n) is 1.46. The average Bonchev–Trinajstić information content (AvgIpc) is 2.31. The van der Waals surface area contributed by atoms with E-state index in [-0.39, 0.29) is 5.92 Å². The minimum atomic E-state index is -1.19. The zero-order valence-electron chi connectivity index (χ0n) is 9.09. The standard InChI is InChI=1S/C12H14N2O2/c1-2-10(9-6-4-3-5-7-9)12(15)16-11(14)8-13/h3-7,10-11H,2,14H2,1H3. The van der Waals surface area contributed by atoms with E-state index in [9.17, 15) is 4.79 Å². The van der Waals surface area contributed by atoms with Gasteiger partial charge in [0.25, 0.3) is 0 Å². The van der Waals surface area contributed by atoms with Crippen LogP contribution in [-0.4, -0.2) is 12.2 Å². The van der Waals surface area contributed by atoms with Crippen molar-refractivity contribution >= 4 is 5.97 Å². The van der Waals surface area contributed by atoms with Gasteiger partial charge in [-0.3, -0.25) is 10.5 Å². The maximum Gasteiger partial charge on any atom is 0.315 e. The van der Waals surface area contributed by atoms with Crippen LogP contribution in [0.5, 0.6) is 0 Å². The number of hydrogen-bond donors (Lipinski definition) is 1. The van der Waals surface area contributed by atoms with Crippen LogP contribution < -0.4 is 5.73 Å². The van der Waals surface area contributed by atoms with Crippen LogP contribution in [0.4, 0.5) is 0 Å². The molecule has 84 valence electrons. The lowest BCUT2D eigenvalue weighted by atomic mass is 9.97. The second kappa shape index (κ2) is 5.89. The Morgan fingerprint density at radius 2 is 2.12 bits per heavy atom. The Kier molecular flexibility index (Phi) is 4.49. The summed E-state index contributed by atoms with van der Waals surface area (Å²) in [7, 11) is 0. The van der Waals surface area contributed by atoms with Crippen molar-refractivity contribution in [3.63, 3.8) is 0 Å². The van der Waals surface area contributed by atoms with E-state index < -0.39 is 12.2 Å². The van der Waals surface area contributed by atoms with Crippen LogP contribution in [-0.2, 0) is 9.53 Å². The van der Waals surface area contributed by atoms with Gasteiger partial charge in [-0.25, -0.2) is 0 Å². The molecule has 0 heterocycles. The molecule has 0 aromatic heterocycles. The fourth-order valence-corrected chi connectivity index (χ4v) is 1.46. The third kappa shape index (κ3) is 3.07. The zero-order valence-corrected chi connectivity index (χ0v) is 9.09. The third-order valence-electron chi connectivity index (χ3n) is 2.27. The van der Waals surface area contributed by atoms with Crippen molar-refractivity contribution in [2.24, 2.45) is 5.73 Å². The molecule has 0 amide bonds. The van der Waals surface area contributed by atoms with Gasteiger partial charge in [-0.15, -0.1) is 0 Å². The second-order valence-electron chi connectivity index (χ2n) is 3.36. The van der Waals surface area contributed by atoms with E-state index in [0.29, 0.717) is 6.42 Å². The number of esters is 1. The van der Waals surface area contributed by atoms with Crippen LogP contribution in [0.3, 0.4) is 0 Å². The highest BCUT2D eigenvalue weighted by Gasteiger charge is 2.21. The van der Waals surface area contributed by atoms with Crippen molar-refractivity contribution in [2.75, 3.05) is 0 Å². The van der Waals surface area contributed by atoms with Gasteiger partial charge in [0.05, 0.1) is 5.92 Å². The van der Waals surface area contributed by atoms with Gasteiger partial charge >= 0.3 is 5.97 Å². The summed E-state index contributed by atoms with van der Waals surface area (Å²) in [6.45, 7) is 1.89. The Labute approximate surface area is 94.6 Å². The molecule has 1 rings (SSSR count). The van der Waals surface area contributed by atoms with Crippen molar-refractivity contribution in [1.82, 2.24) is 0 Å². The number of nitriles is 1. The summed E-state index contributed by atoms with van der Waals surface area (Å²) < 4.78 is 4.78. The molecule has 0 spiro atoms. The largest absolute Gasteiger partial charge is 0.433 e. The van der Waals surface area contributed by atoms with Gasteiger partial charge in [0.15, 0.2) is 0 Å². The summed E-state index contributed by atoms with van der Waals surface area (Å²) >= 11 is 0. The second-order valence-corrected chi connectivity index (χ2v) is 3.36. The van der Waals surface area contributed by atoms with E-state index in [2.05, 4.69) is 0 Å². The van der Waals surface area contributed by atoms with Crippen molar-refractivity contribution in [2.45, 2.75) is 25.5 Å². The summed E-state index contributed by atoms with van der Waals surface area (Å²) in [5.41, 5.74) is 6.12. The number of ether oxygens (including phenoxy) is 1.